The zero-order chi connectivity index (χ0) is 21.6. The first-order chi connectivity index (χ1) is 15.1. The van der Waals surface area contributed by atoms with Gasteiger partial charge in [-0.2, -0.15) is 0 Å². The zero-order valence-electron chi connectivity index (χ0n) is 18.1. The first kappa shape index (κ1) is 21.6. The van der Waals surface area contributed by atoms with Crippen molar-refractivity contribution in [3.63, 3.8) is 0 Å². The third-order valence-corrected chi connectivity index (χ3v) is 6.68. The summed E-state index contributed by atoms with van der Waals surface area (Å²) < 4.78 is 2.16. The Bertz CT molecular complexity index is 1010. The van der Waals surface area contributed by atoms with Crippen LogP contribution in [0.15, 0.2) is 59.8 Å². The van der Waals surface area contributed by atoms with E-state index in [1.807, 2.05) is 56.3 Å². The van der Waals surface area contributed by atoms with Crippen LogP contribution >= 0.6 is 11.8 Å². The highest BCUT2D eigenvalue weighted by molar-refractivity contribution is 8.00. The lowest BCUT2D eigenvalue weighted by Gasteiger charge is -2.17. The second kappa shape index (κ2) is 10.1. The summed E-state index contributed by atoms with van der Waals surface area (Å²) in [7, 11) is 0. The molecule has 0 spiro atoms. The molecule has 0 aliphatic carbocycles. The van der Waals surface area contributed by atoms with Crippen molar-refractivity contribution in [2.75, 3.05) is 18.4 Å². The molecule has 3 aromatic rings. The van der Waals surface area contributed by atoms with Crippen molar-refractivity contribution in [1.29, 1.82) is 0 Å². The molecule has 0 saturated carbocycles. The van der Waals surface area contributed by atoms with Crippen molar-refractivity contribution in [3.05, 3.63) is 71.5 Å². The molecule has 4 rings (SSSR count). The van der Waals surface area contributed by atoms with Crippen LogP contribution in [0.25, 0.3) is 0 Å². The molecule has 6 nitrogen and oxygen atoms in total. The molecule has 1 aliphatic heterocycles. The Balaban J connectivity index is 1.51. The number of thioether (sulfide) groups is 1. The van der Waals surface area contributed by atoms with Crippen molar-refractivity contribution in [1.82, 2.24) is 19.7 Å². The summed E-state index contributed by atoms with van der Waals surface area (Å²) in [5, 5.41) is 12.5. The minimum Gasteiger partial charge on any atom is -0.325 e. The number of carbonyl (C=O) groups excluding carboxylic acids is 1. The molecule has 1 fully saturated rings. The molecule has 0 unspecified atom stereocenters. The fourth-order valence-electron chi connectivity index (χ4n) is 3.75. The first-order valence-electron chi connectivity index (χ1n) is 10.8. The zero-order valence-corrected chi connectivity index (χ0v) is 18.9. The maximum absolute atomic E-state index is 12.8. The molecule has 1 aromatic heterocycles. The van der Waals surface area contributed by atoms with Crippen LogP contribution in [0.4, 0.5) is 5.69 Å². The molecule has 1 amide bonds. The third-order valence-electron chi connectivity index (χ3n) is 5.60. The number of para-hydroxylation sites is 1. The van der Waals surface area contributed by atoms with Crippen LogP contribution in [-0.2, 0) is 17.9 Å². The van der Waals surface area contributed by atoms with Crippen LogP contribution in [0.5, 0.6) is 0 Å². The Kier molecular flexibility index (Phi) is 7.04. The van der Waals surface area contributed by atoms with E-state index in [2.05, 4.69) is 37.1 Å². The Morgan fingerprint density at radius 3 is 2.48 bits per heavy atom. The van der Waals surface area contributed by atoms with Crippen LogP contribution in [0.2, 0.25) is 0 Å². The van der Waals surface area contributed by atoms with Gasteiger partial charge >= 0.3 is 0 Å². The van der Waals surface area contributed by atoms with E-state index in [-0.39, 0.29) is 11.2 Å². The molecular weight excluding hydrogens is 406 g/mol. The molecule has 1 N–H and O–H groups in total. The van der Waals surface area contributed by atoms with Gasteiger partial charge in [0, 0.05) is 5.69 Å². The van der Waals surface area contributed by atoms with Crippen LogP contribution in [-0.4, -0.2) is 43.9 Å². The molecule has 162 valence electrons. The highest BCUT2D eigenvalue weighted by Crippen LogP contribution is 2.26. The van der Waals surface area contributed by atoms with E-state index in [1.54, 1.807) is 0 Å². The van der Waals surface area contributed by atoms with Crippen LogP contribution in [0.3, 0.4) is 0 Å². The summed E-state index contributed by atoms with van der Waals surface area (Å²) in [6.07, 6.45) is 2.48. The van der Waals surface area contributed by atoms with Crippen LogP contribution in [0.1, 0.15) is 36.7 Å². The van der Waals surface area contributed by atoms with Gasteiger partial charge in [-0.1, -0.05) is 60.3 Å². The lowest BCUT2D eigenvalue weighted by molar-refractivity contribution is -0.115. The molecule has 2 aromatic carbocycles. The van der Waals surface area contributed by atoms with Gasteiger partial charge in [0.15, 0.2) is 5.16 Å². The van der Waals surface area contributed by atoms with Gasteiger partial charge in [-0.05, 0) is 57.0 Å². The minimum absolute atomic E-state index is 0.0327. The number of aromatic nitrogens is 3. The fourth-order valence-corrected chi connectivity index (χ4v) is 4.62. The third kappa shape index (κ3) is 5.54. The lowest BCUT2D eigenvalue weighted by Crippen LogP contribution is -2.24. The number of likely N-dealkylation sites (tertiary alicyclic amines) is 1. The fraction of sp³-hybridized carbons (Fsp3) is 0.375. The summed E-state index contributed by atoms with van der Waals surface area (Å²) in [4.78, 5) is 15.3. The predicted octanol–water partition coefficient (Wildman–Crippen LogP) is 4.35. The van der Waals surface area contributed by atoms with E-state index < -0.39 is 0 Å². The smallest absolute Gasteiger partial charge is 0.237 e. The quantitative estimate of drug-likeness (QED) is 0.533. The van der Waals surface area contributed by atoms with Crippen molar-refractivity contribution in [2.24, 2.45) is 0 Å². The second-order valence-electron chi connectivity index (χ2n) is 8.02. The summed E-state index contributed by atoms with van der Waals surface area (Å²) >= 11 is 1.46. The summed E-state index contributed by atoms with van der Waals surface area (Å²) in [5.74, 6) is 0.925. The first-order valence-corrected chi connectivity index (χ1v) is 11.7. The maximum atomic E-state index is 12.8. The summed E-state index contributed by atoms with van der Waals surface area (Å²) in [6, 6.07) is 18.2. The number of carbonyl (C=O) groups is 1. The molecule has 0 bridgehead atoms. The van der Waals surface area contributed by atoms with Crippen LogP contribution in [0, 0.1) is 6.92 Å². The molecule has 31 heavy (non-hydrogen) atoms. The van der Waals surface area contributed by atoms with Crippen molar-refractivity contribution >= 4 is 23.4 Å². The number of rotatable bonds is 8. The molecule has 2 heterocycles. The van der Waals surface area contributed by atoms with Gasteiger partial charge in [0.1, 0.15) is 5.82 Å². The average molecular weight is 436 g/mol. The number of anilines is 1. The number of hydrogen-bond donors (Lipinski definition) is 1. The highest BCUT2D eigenvalue weighted by Gasteiger charge is 2.22. The van der Waals surface area contributed by atoms with Gasteiger partial charge in [0.2, 0.25) is 5.91 Å². The SMILES string of the molecule is Cc1ccccc1NC(=O)[C@H](C)Sc1nnc(CN2CCCC2)n1Cc1ccccc1. The summed E-state index contributed by atoms with van der Waals surface area (Å²) in [6.45, 7) is 7.62. The van der Waals surface area contributed by atoms with E-state index in [1.165, 1.54) is 30.2 Å². The number of hydrogen-bond acceptors (Lipinski definition) is 5. The number of nitrogens with zero attached hydrogens (tertiary/aromatic N) is 4. The minimum atomic E-state index is -0.294. The molecule has 7 heteroatoms. The number of benzene rings is 2. The largest absolute Gasteiger partial charge is 0.325 e. The van der Waals surface area contributed by atoms with Gasteiger partial charge in [0.25, 0.3) is 0 Å². The predicted molar refractivity (Wildman–Crippen MR) is 125 cm³/mol. The lowest BCUT2D eigenvalue weighted by atomic mass is 10.2. The molecule has 1 saturated heterocycles. The van der Waals surface area contributed by atoms with Crippen molar-refractivity contribution in [2.45, 2.75) is 50.2 Å². The van der Waals surface area contributed by atoms with Gasteiger partial charge in [-0.15, -0.1) is 10.2 Å². The van der Waals surface area contributed by atoms with Crippen molar-refractivity contribution in [3.8, 4) is 0 Å². The maximum Gasteiger partial charge on any atom is 0.237 e. The van der Waals surface area contributed by atoms with Crippen molar-refractivity contribution < 1.29 is 4.79 Å². The van der Waals surface area contributed by atoms with E-state index >= 15 is 0 Å². The standard InChI is InChI=1S/C24H29N5OS/c1-18-10-6-7-13-21(18)25-23(30)19(2)31-24-27-26-22(17-28-14-8-9-15-28)29(24)16-20-11-4-3-5-12-20/h3-7,10-13,19H,8-9,14-17H2,1-2H3,(H,25,30)/t19-/m0/s1. The van der Waals surface area contributed by atoms with Gasteiger partial charge < -0.3 is 9.88 Å². The number of amides is 1. The van der Waals surface area contributed by atoms with Crippen LogP contribution < -0.4 is 5.32 Å². The molecule has 1 aliphatic rings. The van der Waals surface area contributed by atoms with E-state index in [0.717, 1.165) is 41.9 Å². The van der Waals surface area contributed by atoms with E-state index in [0.29, 0.717) is 6.54 Å². The molecular formula is C24H29N5OS. The van der Waals surface area contributed by atoms with E-state index in [9.17, 15) is 4.79 Å². The number of aryl methyl sites for hydroxylation is 1. The Labute approximate surface area is 188 Å². The Morgan fingerprint density at radius 1 is 1.03 bits per heavy atom. The molecule has 0 radical (unpaired) electrons. The topological polar surface area (TPSA) is 63.1 Å². The van der Waals surface area contributed by atoms with Gasteiger partial charge in [0.05, 0.1) is 18.3 Å². The monoisotopic (exact) mass is 435 g/mol. The van der Waals surface area contributed by atoms with E-state index in [4.69, 9.17) is 0 Å². The van der Waals surface area contributed by atoms with Gasteiger partial charge in [-0.3, -0.25) is 9.69 Å². The summed E-state index contributed by atoms with van der Waals surface area (Å²) in [5.41, 5.74) is 3.09. The highest BCUT2D eigenvalue weighted by atomic mass is 32.2. The Morgan fingerprint density at radius 2 is 1.74 bits per heavy atom. The number of nitrogens with one attached hydrogen (secondary N) is 1. The Hall–Kier alpha value is -2.64. The van der Waals surface area contributed by atoms with Gasteiger partial charge in [-0.25, -0.2) is 0 Å². The molecule has 1 atom stereocenters. The normalized spacial score (nSPS) is 15.2. The second-order valence-corrected chi connectivity index (χ2v) is 9.33. The average Bonchev–Trinajstić information content (AvgIpc) is 3.42.